The monoisotopic (exact) mass is 296 g/mol. The Hall–Kier alpha value is -0.710. The van der Waals surface area contributed by atoms with Crippen LogP contribution in [0.25, 0.3) is 0 Å². The van der Waals surface area contributed by atoms with E-state index in [0.29, 0.717) is 11.5 Å². The van der Waals surface area contributed by atoms with Crippen molar-refractivity contribution in [2.45, 2.75) is 12.3 Å². The fourth-order valence-electron chi connectivity index (χ4n) is 2.34. The number of ketones is 1. The lowest BCUT2D eigenvalue weighted by atomic mass is 9.96. The molecule has 1 aromatic carbocycles. The Bertz CT molecular complexity index is 433. The van der Waals surface area contributed by atoms with E-state index in [4.69, 9.17) is 5.73 Å². The molecule has 1 aromatic rings. The van der Waals surface area contributed by atoms with E-state index in [1.165, 1.54) is 12.0 Å². The zero-order chi connectivity index (χ0) is 12.4. The summed E-state index contributed by atoms with van der Waals surface area (Å²) in [6.07, 6.45) is 1.18. The first-order valence-corrected chi connectivity index (χ1v) is 6.62. The van der Waals surface area contributed by atoms with Gasteiger partial charge >= 0.3 is 0 Å². The molecule has 1 atom stereocenters. The van der Waals surface area contributed by atoms with E-state index in [1.807, 2.05) is 12.1 Å². The molecule has 4 heteroatoms. The molecular formula is C13H17BrN2O. The molecule has 2 rings (SSSR count). The topological polar surface area (TPSA) is 46.3 Å². The lowest BCUT2D eigenvalue weighted by Gasteiger charge is -2.13. The zero-order valence-electron chi connectivity index (χ0n) is 9.95. The van der Waals surface area contributed by atoms with Crippen molar-refractivity contribution < 1.29 is 4.79 Å². The Morgan fingerprint density at radius 2 is 2.35 bits per heavy atom. The first-order chi connectivity index (χ1) is 8.11. The van der Waals surface area contributed by atoms with Crippen molar-refractivity contribution in [1.29, 1.82) is 0 Å². The van der Waals surface area contributed by atoms with E-state index >= 15 is 0 Å². The van der Waals surface area contributed by atoms with Crippen LogP contribution in [0.5, 0.6) is 0 Å². The maximum absolute atomic E-state index is 11.5. The molecule has 1 heterocycles. The number of nitrogens with two attached hydrogens (primary N) is 1. The van der Waals surface area contributed by atoms with Gasteiger partial charge in [-0.25, -0.2) is 0 Å². The molecule has 1 fully saturated rings. The number of hydrogen-bond donors (Lipinski definition) is 1. The van der Waals surface area contributed by atoms with Crippen LogP contribution in [0.15, 0.2) is 22.7 Å². The van der Waals surface area contributed by atoms with Gasteiger partial charge in [-0.05, 0) is 37.6 Å². The van der Waals surface area contributed by atoms with Crippen molar-refractivity contribution in [3.05, 3.63) is 33.8 Å². The van der Waals surface area contributed by atoms with Crippen LogP contribution in [0.4, 0.5) is 0 Å². The van der Waals surface area contributed by atoms with Gasteiger partial charge in [-0.1, -0.05) is 28.1 Å². The van der Waals surface area contributed by atoms with Gasteiger partial charge < -0.3 is 10.6 Å². The highest BCUT2D eigenvalue weighted by Crippen LogP contribution is 2.32. The number of carbonyl (C=O) groups is 1. The molecule has 0 aliphatic carbocycles. The van der Waals surface area contributed by atoms with Gasteiger partial charge in [-0.15, -0.1) is 0 Å². The summed E-state index contributed by atoms with van der Waals surface area (Å²) in [7, 11) is 2.14. The van der Waals surface area contributed by atoms with Crippen molar-refractivity contribution in [3.63, 3.8) is 0 Å². The van der Waals surface area contributed by atoms with Crippen LogP contribution in [0.3, 0.4) is 0 Å². The molecule has 1 unspecified atom stereocenters. The minimum atomic E-state index is -0.0132. The summed E-state index contributed by atoms with van der Waals surface area (Å²) in [5.74, 6) is 0.553. The minimum absolute atomic E-state index is 0.0132. The molecule has 1 aliphatic heterocycles. The van der Waals surface area contributed by atoms with E-state index < -0.39 is 0 Å². The number of likely N-dealkylation sites (N-methyl/N-ethyl adjacent to an activating group) is 1. The Labute approximate surface area is 110 Å². The summed E-state index contributed by atoms with van der Waals surface area (Å²) in [4.78, 5) is 13.8. The summed E-state index contributed by atoms with van der Waals surface area (Å²) in [6.45, 7) is 2.29. The minimum Gasteiger partial charge on any atom is -0.324 e. The first kappa shape index (κ1) is 12.7. The SMILES string of the molecule is CN1CCC(c2ccc(C(=O)CN)cc2Br)C1. The maximum atomic E-state index is 11.5. The highest BCUT2D eigenvalue weighted by Gasteiger charge is 2.23. The van der Waals surface area contributed by atoms with Gasteiger partial charge in [0.1, 0.15) is 0 Å². The largest absolute Gasteiger partial charge is 0.324 e. The molecule has 17 heavy (non-hydrogen) atoms. The Balaban J connectivity index is 2.23. The summed E-state index contributed by atoms with van der Waals surface area (Å²) in [5.41, 5.74) is 7.34. The molecule has 0 radical (unpaired) electrons. The van der Waals surface area contributed by atoms with E-state index in [9.17, 15) is 4.79 Å². The second kappa shape index (κ2) is 5.29. The van der Waals surface area contributed by atoms with Crippen LogP contribution in [0, 0.1) is 0 Å². The van der Waals surface area contributed by atoms with Gasteiger partial charge in [0.15, 0.2) is 5.78 Å². The highest BCUT2D eigenvalue weighted by molar-refractivity contribution is 9.10. The standard InChI is InChI=1S/C13H17BrN2O/c1-16-5-4-10(8-16)11-3-2-9(6-12(11)14)13(17)7-15/h2-3,6,10H,4-5,7-8,15H2,1H3. The van der Waals surface area contributed by atoms with Crippen LogP contribution in [0.1, 0.15) is 28.3 Å². The van der Waals surface area contributed by atoms with Crippen molar-refractivity contribution in [2.24, 2.45) is 5.73 Å². The van der Waals surface area contributed by atoms with Crippen LogP contribution in [0.2, 0.25) is 0 Å². The third-order valence-electron chi connectivity index (χ3n) is 3.34. The molecule has 0 saturated carbocycles. The molecule has 0 aromatic heterocycles. The van der Waals surface area contributed by atoms with Gasteiger partial charge in [0.05, 0.1) is 6.54 Å². The smallest absolute Gasteiger partial charge is 0.176 e. The second-order valence-electron chi connectivity index (χ2n) is 4.61. The first-order valence-electron chi connectivity index (χ1n) is 5.83. The molecule has 0 amide bonds. The lowest BCUT2D eigenvalue weighted by Crippen LogP contribution is -2.15. The zero-order valence-corrected chi connectivity index (χ0v) is 11.5. The van der Waals surface area contributed by atoms with Crippen molar-refractivity contribution in [2.75, 3.05) is 26.7 Å². The molecule has 3 nitrogen and oxygen atoms in total. The fourth-order valence-corrected chi connectivity index (χ4v) is 3.04. The van der Waals surface area contributed by atoms with Gasteiger partial charge in [0, 0.05) is 16.6 Å². The summed E-state index contributed by atoms with van der Waals surface area (Å²) >= 11 is 3.56. The summed E-state index contributed by atoms with van der Waals surface area (Å²) in [5, 5.41) is 0. The number of benzene rings is 1. The quantitative estimate of drug-likeness (QED) is 0.868. The van der Waals surface area contributed by atoms with E-state index in [1.54, 1.807) is 0 Å². The van der Waals surface area contributed by atoms with Crippen molar-refractivity contribution >= 4 is 21.7 Å². The van der Waals surface area contributed by atoms with E-state index in [2.05, 4.69) is 33.9 Å². The Morgan fingerprint density at radius 3 is 2.88 bits per heavy atom. The average molecular weight is 297 g/mol. The van der Waals surface area contributed by atoms with E-state index in [0.717, 1.165) is 17.6 Å². The van der Waals surface area contributed by atoms with Crippen molar-refractivity contribution in [1.82, 2.24) is 4.90 Å². The Morgan fingerprint density at radius 1 is 1.59 bits per heavy atom. The predicted octanol–water partition coefficient (Wildman–Crippen LogP) is 2.01. The van der Waals surface area contributed by atoms with Gasteiger partial charge in [-0.2, -0.15) is 0 Å². The van der Waals surface area contributed by atoms with Crippen LogP contribution >= 0.6 is 15.9 Å². The summed E-state index contributed by atoms with van der Waals surface area (Å²) < 4.78 is 1.03. The number of nitrogens with zero attached hydrogens (tertiary/aromatic N) is 1. The van der Waals surface area contributed by atoms with Crippen LogP contribution in [-0.4, -0.2) is 37.4 Å². The predicted molar refractivity (Wildman–Crippen MR) is 72.4 cm³/mol. The molecule has 1 aliphatic rings. The second-order valence-corrected chi connectivity index (χ2v) is 5.47. The summed E-state index contributed by atoms with van der Waals surface area (Å²) in [6, 6.07) is 5.83. The van der Waals surface area contributed by atoms with Gasteiger partial charge in [0.25, 0.3) is 0 Å². The number of rotatable bonds is 3. The number of hydrogen-bond acceptors (Lipinski definition) is 3. The number of Topliss-reactive ketones (excluding diaryl/α,β-unsaturated/α-hetero) is 1. The number of carbonyl (C=O) groups excluding carboxylic acids is 1. The molecule has 1 saturated heterocycles. The Kier molecular flexibility index (Phi) is 3.97. The molecular weight excluding hydrogens is 280 g/mol. The number of likely N-dealkylation sites (tertiary alicyclic amines) is 1. The van der Waals surface area contributed by atoms with E-state index in [-0.39, 0.29) is 12.3 Å². The van der Waals surface area contributed by atoms with Gasteiger partial charge in [0.2, 0.25) is 0 Å². The molecule has 2 N–H and O–H groups in total. The third kappa shape index (κ3) is 2.76. The lowest BCUT2D eigenvalue weighted by molar-refractivity contribution is 0.100. The van der Waals surface area contributed by atoms with Crippen LogP contribution < -0.4 is 5.73 Å². The van der Waals surface area contributed by atoms with Crippen LogP contribution in [-0.2, 0) is 0 Å². The van der Waals surface area contributed by atoms with Crippen molar-refractivity contribution in [3.8, 4) is 0 Å². The average Bonchev–Trinajstić information content (AvgIpc) is 2.74. The number of halogens is 1. The van der Waals surface area contributed by atoms with Gasteiger partial charge in [-0.3, -0.25) is 4.79 Å². The maximum Gasteiger partial charge on any atom is 0.176 e. The molecule has 0 bridgehead atoms. The normalized spacial score (nSPS) is 20.8. The highest BCUT2D eigenvalue weighted by atomic mass is 79.9. The molecule has 0 spiro atoms. The fraction of sp³-hybridized carbons (Fsp3) is 0.462. The third-order valence-corrected chi connectivity index (χ3v) is 4.03. The molecule has 92 valence electrons.